The number of hydrogen-bond acceptors (Lipinski definition) is 6. The molecule has 0 heterocycles. The van der Waals surface area contributed by atoms with Gasteiger partial charge in [0.1, 0.15) is 6.61 Å². The zero-order valence-corrected chi connectivity index (χ0v) is 12.5. The standard InChI is InChI=1S/C15H18N2O5/c1-17(21-2)14(19)9-8-13(16-11-18)15(20)22-10-12-6-4-3-5-7-12/h3-7,13H,8-10H2,1-2H3. The minimum Gasteiger partial charge on any atom is -0.459 e. The summed E-state index contributed by atoms with van der Waals surface area (Å²) in [5, 5.41) is 1.04. The van der Waals surface area contributed by atoms with Crippen LogP contribution >= 0.6 is 0 Å². The highest BCUT2D eigenvalue weighted by atomic mass is 16.7. The monoisotopic (exact) mass is 306 g/mol. The topological polar surface area (TPSA) is 85.3 Å². The molecule has 0 aliphatic carbocycles. The first kappa shape index (κ1) is 17.6. The second-order valence-electron chi connectivity index (χ2n) is 4.44. The van der Waals surface area contributed by atoms with Gasteiger partial charge in [0, 0.05) is 13.5 Å². The van der Waals surface area contributed by atoms with Crippen LogP contribution in [0.5, 0.6) is 0 Å². The number of aliphatic imine (C=N–C) groups is 1. The maximum atomic E-state index is 11.9. The Hall–Kier alpha value is -2.50. The molecular weight excluding hydrogens is 288 g/mol. The second-order valence-corrected chi connectivity index (χ2v) is 4.44. The van der Waals surface area contributed by atoms with Crippen LogP contribution in [0.25, 0.3) is 0 Å². The molecule has 1 unspecified atom stereocenters. The molecule has 0 bridgehead atoms. The number of carbonyl (C=O) groups is 2. The van der Waals surface area contributed by atoms with Gasteiger partial charge >= 0.3 is 5.97 Å². The van der Waals surface area contributed by atoms with E-state index in [-0.39, 0.29) is 25.4 Å². The number of ether oxygens (including phenoxy) is 1. The predicted octanol–water partition coefficient (Wildman–Crippen LogP) is 1.23. The largest absolute Gasteiger partial charge is 0.459 e. The Balaban J connectivity index is 2.53. The summed E-state index contributed by atoms with van der Waals surface area (Å²) in [6.07, 6.45) is 1.38. The Morgan fingerprint density at radius 3 is 2.59 bits per heavy atom. The summed E-state index contributed by atoms with van der Waals surface area (Å²) in [5.74, 6) is -0.996. The SMILES string of the molecule is CON(C)C(=O)CCC(N=C=O)C(=O)OCc1ccccc1. The fraction of sp³-hybridized carbons (Fsp3) is 0.400. The molecule has 22 heavy (non-hydrogen) atoms. The van der Waals surface area contributed by atoms with Gasteiger partial charge in [-0.1, -0.05) is 30.3 Å². The van der Waals surface area contributed by atoms with Crippen LogP contribution in [0.2, 0.25) is 0 Å². The van der Waals surface area contributed by atoms with Gasteiger partial charge in [0.25, 0.3) is 0 Å². The first-order chi connectivity index (χ1) is 10.6. The lowest BCUT2D eigenvalue weighted by molar-refractivity contribution is -0.168. The summed E-state index contributed by atoms with van der Waals surface area (Å²) in [6, 6.07) is 8.07. The Bertz CT molecular complexity index is 540. The summed E-state index contributed by atoms with van der Waals surface area (Å²) < 4.78 is 5.09. The normalized spacial score (nSPS) is 11.2. The molecule has 0 spiro atoms. The van der Waals surface area contributed by atoms with Gasteiger partial charge in [-0.2, -0.15) is 4.99 Å². The van der Waals surface area contributed by atoms with Gasteiger partial charge in [0.2, 0.25) is 12.0 Å². The molecule has 1 aromatic rings. The first-order valence-corrected chi connectivity index (χ1v) is 6.66. The van der Waals surface area contributed by atoms with Crippen molar-refractivity contribution in [1.29, 1.82) is 0 Å². The molecule has 0 saturated heterocycles. The molecule has 0 aromatic heterocycles. The molecule has 7 heteroatoms. The number of esters is 1. The van der Waals surface area contributed by atoms with E-state index >= 15 is 0 Å². The Morgan fingerprint density at radius 2 is 2.00 bits per heavy atom. The van der Waals surface area contributed by atoms with Gasteiger partial charge in [-0.05, 0) is 12.0 Å². The lowest BCUT2D eigenvalue weighted by Crippen LogP contribution is -2.28. The summed E-state index contributed by atoms with van der Waals surface area (Å²) in [6.45, 7) is 0.0798. The van der Waals surface area contributed by atoms with Gasteiger partial charge in [-0.3, -0.25) is 9.63 Å². The molecule has 118 valence electrons. The predicted molar refractivity (Wildman–Crippen MR) is 77.2 cm³/mol. The van der Waals surface area contributed by atoms with E-state index < -0.39 is 12.0 Å². The fourth-order valence-electron chi connectivity index (χ4n) is 1.64. The average molecular weight is 306 g/mol. The molecule has 0 radical (unpaired) electrons. The molecule has 0 aliphatic rings. The maximum absolute atomic E-state index is 11.9. The van der Waals surface area contributed by atoms with Crippen molar-refractivity contribution in [3.63, 3.8) is 0 Å². The number of rotatable bonds is 8. The zero-order chi connectivity index (χ0) is 16.4. The van der Waals surface area contributed by atoms with Crippen molar-refractivity contribution < 1.29 is 24.0 Å². The minimum absolute atomic E-state index is 0.000619. The summed E-state index contributed by atoms with van der Waals surface area (Å²) in [7, 11) is 2.81. The molecule has 0 N–H and O–H groups in total. The van der Waals surface area contributed by atoms with Crippen molar-refractivity contribution in [3.05, 3.63) is 35.9 Å². The molecule has 1 atom stereocenters. The molecule has 1 aromatic carbocycles. The van der Waals surface area contributed by atoms with Crippen LogP contribution in [-0.2, 0) is 30.6 Å². The van der Waals surface area contributed by atoms with Gasteiger partial charge in [0.05, 0.1) is 7.11 Å². The van der Waals surface area contributed by atoms with E-state index in [4.69, 9.17) is 9.57 Å². The third-order valence-electron chi connectivity index (χ3n) is 2.96. The van der Waals surface area contributed by atoms with E-state index in [1.54, 1.807) is 0 Å². The minimum atomic E-state index is -1.05. The van der Waals surface area contributed by atoms with Crippen LogP contribution in [-0.4, -0.2) is 43.2 Å². The van der Waals surface area contributed by atoms with E-state index in [1.807, 2.05) is 30.3 Å². The van der Waals surface area contributed by atoms with Crippen LogP contribution in [0.4, 0.5) is 0 Å². The number of hydroxylamine groups is 2. The van der Waals surface area contributed by atoms with Crippen LogP contribution < -0.4 is 0 Å². The Morgan fingerprint density at radius 1 is 1.32 bits per heavy atom. The van der Waals surface area contributed by atoms with Crippen LogP contribution in [0, 0.1) is 0 Å². The van der Waals surface area contributed by atoms with Crippen molar-refractivity contribution in [2.45, 2.75) is 25.5 Å². The summed E-state index contributed by atoms with van der Waals surface area (Å²) in [5.41, 5.74) is 0.819. The first-order valence-electron chi connectivity index (χ1n) is 6.66. The molecular formula is C15H18N2O5. The molecule has 0 aliphatic heterocycles. The zero-order valence-electron chi connectivity index (χ0n) is 12.5. The maximum Gasteiger partial charge on any atom is 0.332 e. The third-order valence-corrected chi connectivity index (χ3v) is 2.96. The highest BCUT2D eigenvalue weighted by molar-refractivity contribution is 5.79. The molecule has 7 nitrogen and oxygen atoms in total. The van der Waals surface area contributed by atoms with E-state index in [9.17, 15) is 14.4 Å². The lowest BCUT2D eigenvalue weighted by atomic mass is 10.1. The molecule has 0 saturated carbocycles. The van der Waals surface area contributed by atoms with Crippen molar-refractivity contribution in [1.82, 2.24) is 5.06 Å². The lowest BCUT2D eigenvalue weighted by Gasteiger charge is -2.15. The van der Waals surface area contributed by atoms with E-state index in [0.717, 1.165) is 10.6 Å². The number of amides is 1. The Labute approximate surface area is 128 Å². The van der Waals surface area contributed by atoms with Crippen LogP contribution in [0.3, 0.4) is 0 Å². The van der Waals surface area contributed by atoms with Gasteiger partial charge in [-0.15, -0.1) is 0 Å². The average Bonchev–Trinajstić information content (AvgIpc) is 2.56. The Kier molecular flexibility index (Phi) is 7.53. The molecule has 1 amide bonds. The van der Waals surface area contributed by atoms with Crippen molar-refractivity contribution in [2.75, 3.05) is 14.2 Å². The van der Waals surface area contributed by atoms with Crippen molar-refractivity contribution >= 4 is 18.0 Å². The quantitative estimate of drug-likeness (QED) is 0.312. The van der Waals surface area contributed by atoms with Crippen LogP contribution in [0.1, 0.15) is 18.4 Å². The number of benzene rings is 1. The number of isocyanates is 1. The summed E-state index contributed by atoms with van der Waals surface area (Å²) >= 11 is 0. The number of nitrogens with zero attached hydrogens (tertiary/aromatic N) is 2. The second kappa shape index (κ2) is 9.44. The fourth-order valence-corrected chi connectivity index (χ4v) is 1.64. The van der Waals surface area contributed by atoms with Gasteiger partial charge in [0.15, 0.2) is 6.04 Å². The highest BCUT2D eigenvalue weighted by Gasteiger charge is 2.21. The van der Waals surface area contributed by atoms with E-state index in [0.29, 0.717) is 0 Å². The van der Waals surface area contributed by atoms with Crippen molar-refractivity contribution in [2.24, 2.45) is 4.99 Å². The molecule has 1 rings (SSSR count). The number of hydrogen-bond donors (Lipinski definition) is 0. The van der Waals surface area contributed by atoms with Crippen LogP contribution in [0.15, 0.2) is 35.3 Å². The van der Waals surface area contributed by atoms with E-state index in [1.165, 1.54) is 20.2 Å². The summed E-state index contributed by atoms with van der Waals surface area (Å²) in [4.78, 5) is 42.0. The van der Waals surface area contributed by atoms with E-state index in [2.05, 4.69) is 4.99 Å². The van der Waals surface area contributed by atoms with Gasteiger partial charge < -0.3 is 4.74 Å². The van der Waals surface area contributed by atoms with Crippen molar-refractivity contribution in [3.8, 4) is 0 Å². The molecule has 0 fully saturated rings. The highest BCUT2D eigenvalue weighted by Crippen LogP contribution is 2.09. The smallest absolute Gasteiger partial charge is 0.332 e. The number of carbonyl (C=O) groups excluding carboxylic acids is 3. The third kappa shape index (κ3) is 5.87. The van der Waals surface area contributed by atoms with Gasteiger partial charge in [-0.25, -0.2) is 14.7 Å².